The van der Waals surface area contributed by atoms with E-state index in [4.69, 9.17) is 9.47 Å². The van der Waals surface area contributed by atoms with Gasteiger partial charge in [-0.1, -0.05) is 36.4 Å². The summed E-state index contributed by atoms with van der Waals surface area (Å²) in [4.78, 5) is 13.7. The average Bonchev–Trinajstić information content (AvgIpc) is 2.49. The standard InChI is InChI=1S/C17H19NO3/c1-13-9-7-8-12-16(13)21-17(19)20-14(2)18(3)15-10-5-4-6-11-15/h4-12,14H,1-3H3. The van der Waals surface area contributed by atoms with E-state index in [0.717, 1.165) is 11.3 Å². The maximum absolute atomic E-state index is 11.8. The highest BCUT2D eigenvalue weighted by atomic mass is 16.7. The third kappa shape index (κ3) is 3.99. The van der Waals surface area contributed by atoms with E-state index in [1.54, 1.807) is 13.0 Å². The minimum absolute atomic E-state index is 0.427. The fourth-order valence-electron chi connectivity index (χ4n) is 1.88. The minimum Gasteiger partial charge on any atom is -0.410 e. The second-order valence-corrected chi connectivity index (χ2v) is 4.78. The molecule has 4 nitrogen and oxygen atoms in total. The number of hydrogen-bond acceptors (Lipinski definition) is 4. The third-order valence-electron chi connectivity index (χ3n) is 3.26. The molecule has 0 aliphatic rings. The summed E-state index contributed by atoms with van der Waals surface area (Å²) in [5.74, 6) is 0.511. The normalized spacial score (nSPS) is 11.6. The van der Waals surface area contributed by atoms with E-state index in [-0.39, 0.29) is 0 Å². The SMILES string of the molecule is Cc1ccccc1OC(=O)OC(C)N(C)c1ccccc1. The van der Waals surface area contributed by atoms with Crippen molar-refractivity contribution in [1.82, 2.24) is 0 Å². The number of para-hydroxylation sites is 2. The van der Waals surface area contributed by atoms with E-state index in [1.807, 2.05) is 67.4 Å². The third-order valence-corrected chi connectivity index (χ3v) is 3.26. The van der Waals surface area contributed by atoms with E-state index in [9.17, 15) is 4.79 Å². The van der Waals surface area contributed by atoms with Crippen LogP contribution in [0.2, 0.25) is 0 Å². The zero-order valence-corrected chi connectivity index (χ0v) is 12.4. The van der Waals surface area contributed by atoms with Gasteiger partial charge in [0.05, 0.1) is 0 Å². The van der Waals surface area contributed by atoms with Crippen molar-refractivity contribution in [3.05, 3.63) is 60.2 Å². The van der Waals surface area contributed by atoms with Crippen molar-refractivity contribution in [3.8, 4) is 5.75 Å². The van der Waals surface area contributed by atoms with Gasteiger partial charge in [-0.15, -0.1) is 0 Å². The second-order valence-electron chi connectivity index (χ2n) is 4.78. The Kier molecular flexibility index (Phi) is 4.82. The Hall–Kier alpha value is -2.49. The number of rotatable bonds is 4. The first-order chi connectivity index (χ1) is 10.1. The summed E-state index contributed by atoms with van der Waals surface area (Å²) in [6.45, 7) is 3.67. The second kappa shape index (κ2) is 6.79. The maximum Gasteiger partial charge on any atom is 0.515 e. The molecule has 0 aromatic heterocycles. The summed E-state index contributed by atoms with van der Waals surface area (Å²) in [6.07, 6.45) is -1.14. The Morgan fingerprint density at radius 1 is 1.05 bits per heavy atom. The quantitative estimate of drug-likeness (QED) is 0.483. The summed E-state index contributed by atoms with van der Waals surface area (Å²) < 4.78 is 10.5. The molecule has 1 atom stereocenters. The molecular weight excluding hydrogens is 266 g/mol. The first-order valence-corrected chi connectivity index (χ1v) is 6.80. The largest absolute Gasteiger partial charge is 0.515 e. The van der Waals surface area contributed by atoms with Crippen molar-refractivity contribution < 1.29 is 14.3 Å². The minimum atomic E-state index is -0.709. The Balaban J connectivity index is 1.95. The van der Waals surface area contributed by atoms with Gasteiger partial charge in [0, 0.05) is 12.7 Å². The Morgan fingerprint density at radius 2 is 1.67 bits per heavy atom. The highest BCUT2D eigenvalue weighted by molar-refractivity contribution is 5.65. The molecule has 0 fully saturated rings. The zero-order chi connectivity index (χ0) is 15.2. The Bertz CT molecular complexity index is 598. The van der Waals surface area contributed by atoms with Crippen LogP contribution in [0, 0.1) is 6.92 Å². The molecular formula is C17H19NO3. The van der Waals surface area contributed by atoms with Crippen LogP contribution < -0.4 is 9.64 Å². The van der Waals surface area contributed by atoms with Gasteiger partial charge in [0.15, 0.2) is 6.23 Å². The van der Waals surface area contributed by atoms with Crippen LogP contribution in [0.5, 0.6) is 5.75 Å². The molecule has 1 unspecified atom stereocenters. The van der Waals surface area contributed by atoms with E-state index < -0.39 is 12.4 Å². The molecule has 0 spiro atoms. The smallest absolute Gasteiger partial charge is 0.410 e. The molecule has 21 heavy (non-hydrogen) atoms. The van der Waals surface area contributed by atoms with Crippen molar-refractivity contribution in [2.75, 3.05) is 11.9 Å². The number of hydrogen-bond donors (Lipinski definition) is 0. The van der Waals surface area contributed by atoms with Gasteiger partial charge in [0.25, 0.3) is 0 Å². The van der Waals surface area contributed by atoms with Crippen LogP contribution in [0.4, 0.5) is 10.5 Å². The van der Waals surface area contributed by atoms with Gasteiger partial charge in [0.2, 0.25) is 0 Å². The van der Waals surface area contributed by atoms with Gasteiger partial charge in [0.1, 0.15) is 5.75 Å². The fraction of sp³-hybridized carbons (Fsp3) is 0.235. The van der Waals surface area contributed by atoms with Crippen LogP contribution in [0.1, 0.15) is 12.5 Å². The predicted octanol–water partition coefficient (Wildman–Crippen LogP) is 3.99. The number of aryl methyl sites for hydroxylation is 1. The van der Waals surface area contributed by atoms with E-state index in [1.165, 1.54) is 0 Å². The molecule has 0 amide bonds. The van der Waals surface area contributed by atoms with Gasteiger partial charge < -0.3 is 14.4 Å². The predicted molar refractivity (Wildman–Crippen MR) is 82.6 cm³/mol. The molecule has 0 radical (unpaired) electrons. The van der Waals surface area contributed by atoms with E-state index in [2.05, 4.69) is 0 Å². The number of benzene rings is 2. The molecule has 0 saturated heterocycles. The molecule has 2 aromatic rings. The summed E-state index contributed by atoms with van der Waals surface area (Å²) in [5.41, 5.74) is 1.85. The van der Waals surface area contributed by atoms with Crippen LogP contribution in [-0.4, -0.2) is 19.4 Å². The summed E-state index contributed by atoms with van der Waals surface area (Å²) in [7, 11) is 1.86. The monoisotopic (exact) mass is 285 g/mol. The molecule has 0 aliphatic carbocycles. The fourth-order valence-corrected chi connectivity index (χ4v) is 1.88. The average molecular weight is 285 g/mol. The summed E-state index contributed by atoms with van der Waals surface area (Å²) >= 11 is 0. The first-order valence-electron chi connectivity index (χ1n) is 6.80. The molecule has 0 aliphatic heterocycles. The number of carbonyl (C=O) groups excluding carboxylic acids is 1. The van der Waals surface area contributed by atoms with E-state index >= 15 is 0 Å². The maximum atomic E-state index is 11.8. The summed E-state index contributed by atoms with van der Waals surface area (Å²) in [5, 5.41) is 0. The van der Waals surface area contributed by atoms with Crippen LogP contribution in [0.3, 0.4) is 0 Å². The van der Waals surface area contributed by atoms with Gasteiger partial charge in [-0.2, -0.15) is 0 Å². The van der Waals surface area contributed by atoms with E-state index in [0.29, 0.717) is 5.75 Å². The topological polar surface area (TPSA) is 38.8 Å². The molecule has 0 N–H and O–H groups in total. The molecule has 4 heteroatoms. The highest BCUT2D eigenvalue weighted by Crippen LogP contribution is 2.18. The molecule has 2 rings (SSSR count). The number of carbonyl (C=O) groups is 1. The number of ether oxygens (including phenoxy) is 2. The van der Waals surface area contributed by atoms with Crippen LogP contribution in [-0.2, 0) is 4.74 Å². The van der Waals surface area contributed by atoms with Gasteiger partial charge in [-0.05, 0) is 37.6 Å². The first kappa shape index (κ1) is 14.9. The van der Waals surface area contributed by atoms with Crippen molar-refractivity contribution in [3.63, 3.8) is 0 Å². The molecule has 0 heterocycles. The van der Waals surface area contributed by atoms with Crippen molar-refractivity contribution in [2.45, 2.75) is 20.1 Å². The molecule has 110 valence electrons. The van der Waals surface area contributed by atoms with Gasteiger partial charge >= 0.3 is 6.16 Å². The van der Waals surface area contributed by atoms with Gasteiger partial charge in [-0.25, -0.2) is 4.79 Å². The summed E-state index contributed by atoms with van der Waals surface area (Å²) in [6, 6.07) is 17.0. The van der Waals surface area contributed by atoms with Gasteiger partial charge in [-0.3, -0.25) is 0 Å². The van der Waals surface area contributed by atoms with Crippen molar-refractivity contribution in [1.29, 1.82) is 0 Å². The number of nitrogens with zero attached hydrogens (tertiary/aromatic N) is 1. The Labute approximate surface area is 124 Å². The van der Waals surface area contributed by atoms with Crippen molar-refractivity contribution in [2.24, 2.45) is 0 Å². The molecule has 2 aromatic carbocycles. The van der Waals surface area contributed by atoms with Crippen LogP contribution in [0.25, 0.3) is 0 Å². The van der Waals surface area contributed by atoms with Crippen molar-refractivity contribution >= 4 is 11.8 Å². The zero-order valence-electron chi connectivity index (χ0n) is 12.4. The van der Waals surface area contributed by atoms with Crippen LogP contribution in [0.15, 0.2) is 54.6 Å². The lowest BCUT2D eigenvalue weighted by Crippen LogP contribution is -2.34. The lowest BCUT2D eigenvalue weighted by atomic mass is 10.2. The van der Waals surface area contributed by atoms with Crippen LogP contribution >= 0.6 is 0 Å². The lowest BCUT2D eigenvalue weighted by molar-refractivity contribution is 0.0659. The number of anilines is 1. The molecule has 0 bridgehead atoms. The Morgan fingerprint density at radius 3 is 2.33 bits per heavy atom. The lowest BCUT2D eigenvalue weighted by Gasteiger charge is -2.26. The highest BCUT2D eigenvalue weighted by Gasteiger charge is 2.16. The molecule has 0 saturated carbocycles.